The van der Waals surface area contributed by atoms with E-state index in [-0.39, 0.29) is 0 Å². The number of pyridine rings is 1. The fraction of sp³-hybridized carbons (Fsp3) is 0. The van der Waals surface area contributed by atoms with Crippen LogP contribution >= 0.6 is 0 Å². The molecule has 0 bridgehead atoms. The monoisotopic (exact) mass is 160 g/mol. The van der Waals surface area contributed by atoms with Crippen molar-refractivity contribution in [1.29, 1.82) is 0 Å². The maximum absolute atomic E-state index is 5.06. The number of rotatable bonds is 0. The van der Waals surface area contributed by atoms with Crippen molar-refractivity contribution in [2.45, 2.75) is 0 Å². The van der Waals surface area contributed by atoms with Crippen LogP contribution in [0.2, 0.25) is 0 Å². The van der Waals surface area contributed by atoms with Gasteiger partial charge >= 0.3 is 0 Å². The highest BCUT2D eigenvalue weighted by Gasteiger charge is 2.12. The lowest BCUT2D eigenvalue weighted by Crippen LogP contribution is -1.83. The number of imidazole rings is 1. The van der Waals surface area contributed by atoms with Crippen LogP contribution in [-0.2, 0) is 0 Å². The van der Waals surface area contributed by atoms with E-state index < -0.39 is 0 Å². The van der Waals surface area contributed by atoms with Crippen molar-refractivity contribution in [3.63, 3.8) is 0 Å². The summed E-state index contributed by atoms with van der Waals surface area (Å²) in [6, 6.07) is 0. The van der Waals surface area contributed by atoms with Gasteiger partial charge in [0.15, 0.2) is 11.9 Å². The van der Waals surface area contributed by atoms with Gasteiger partial charge in [-0.25, -0.2) is 15.0 Å². The molecular formula is C7H4N4O. The average Bonchev–Trinajstić information content (AvgIpc) is 2.71. The molecule has 1 aromatic heterocycles. The number of oxazole rings is 1. The van der Waals surface area contributed by atoms with Crippen molar-refractivity contribution in [2.75, 3.05) is 0 Å². The molecule has 0 unspecified atom stereocenters. The smallest absolute Gasteiger partial charge is 0.227 e. The highest BCUT2D eigenvalue weighted by molar-refractivity contribution is 5.85. The molecule has 5 nitrogen and oxygen atoms in total. The van der Waals surface area contributed by atoms with Crippen molar-refractivity contribution in [1.82, 2.24) is 19.9 Å². The summed E-state index contributed by atoms with van der Waals surface area (Å²) >= 11 is 0. The Morgan fingerprint density at radius 1 is 1.25 bits per heavy atom. The molecule has 2 aliphatic heterocycles. The average molecular weight is 160 g/mol. The lowest BCUT2D eigenvalue weighted by atomic mass is 10.3. The van der Waals surface area contributed by atoms with Crippen LogP contribution in [0.25, 0.3) is 22.6 Å². The quantitative estimate of drug-likeness (QED) is 0.533. The molecule has 0 saturated carbocycles. The van der Waals surface area contributed by atoms with Gasteiger partial charge in [0.05, 0.1) is 0 Å². The van der Waals surface area contributed by atoms with Gasteiger partial charge in [-0.1, -0.05) is 0 Å². The standard InChI is InChI=1S/C7H4N4O/c1-4-5(10-2-9-4)6-7(8-1)12-3-11-6/h1-3,8H. The van der Waals surface area contributed by atoms with Crippen molar-refractivity contribution in [3.05, 3.63) is 18.9 Å². The second kappa shape index (κ2) is 1.82. The fourth-order valence-corrected chi connectivity index (χ4v) is 1.22. The molecule has 3 rings (SSSR count). The van der Waals surface area contributed by atoms with Gasteiger partial charge in [-0.15, -0.1) is 0 Å². The molecule has 0 amide bonds. The summed E-state index contributed by atoms with van der Waals surface area (Å²) in [5.74, 6) is 0. The van der Waals surface area contributed by atoms with Crippen molar-refractivity contribution >= 4 is 11.2 Å². The zero-order valence-corrected chi connectivity index (χ0v) is 5.98. The highest BCUT2D eigenvalue weighted by Crippen LogP contribution is 2.23. The summed E-state index contributed by atoms with van der Waals surface area (Å²) in [7, 11) is 0. The Kier molecular flexibility index (Phi) is 0.864. The molecule has 1 aromatic rings. The van der Waals surface area contributed by atoms with E-state index in [9.17, 15) is 0 Å². The fourth-order valence-electron chi connectivity index (χ4n) is 1.22. The number of nitrogens with zero attached hydrogens (tertiary/aromatic N) is 3. The SMILES string of the molecule is c1nc2c[nH]c3ocnc3c-2n1. The highest BCUT2D eigenvalue weighted by atomic mass is 16.3. The number of H-pyrrole nitrogens is 1. The van der Waals surface area contributed by atoms with Crippen molar-refractivity contribution in [2.24, 2.45) is 0 Å². The van der Waals surface area contributed by atoms with Crippen molar-refractivity contribution < 1.29 is 4.42 Å². The van der Waals surface area contributed by atoms with Gasteiger partial charge in [-0.3, -0.25) is 0 Å². The minimum absolute atomic E-state index is 0.628. The number of nitrogens with one attached hydrogen (secondary N) is 1. The molecule has 0 spiro atoms. The Morgan fingerprint density at radius 2 is 2.25 bits per heavy atom. The first-order chi connectivity index (χ1) is 5.95. The van der Waals surface area contributed by atoms with Gasteiger partial charge in [0.25, 0.3) is 0 Å². The number of aromatic amines is 1. The van der Waals surface area contributed by atoms with Crippen LogP contribution in [0.3, 0.4) is 0 Å². The van der Waals surface area contributed by atoms with Crippen LogP contribution in [0, 0.1) is 0 Å². The first-order valence-electron chi connectivity index (χ1n) is 3.46. The minimum atomic E-state index is 0.628. The van der Waals surface area contributed by atoms with Gasteiger partial charge in [-0.2, -0.15) is 0 Å². The Balaban J connectivity index is 2.61. The molecule has 0 fully saturated rings. The van der Waals surface area contributed by atoms with E-state index in [1.807, 2.05) is 0 Å². The molecule has 0 aromatic carbocycles. The molecule has 0 radical (unpaired) electrons. The second-order valence-corrected chi connectivity index (χ2v) is 2.43. The zero-order valence-electron chi connectivity index (χ0n) is 5.98. The van der Waals surface area contributed by atoms with Gasteiger partial charge < -0.3 is 9.40 Å². The lowest BCUT2D eigenvalue weighted by Gasteiger charge is -1.93. The second-order valence-electron chi connectivity index (χ2n) is 2.43. The van der Waals surface area contributed by atoms with E-state index in [1.165, 1.54) is 12.7 Å². The maximum atomic E-state index is 5.06. The number of aromatic nitrogens is 4. The topological polar surface area (TPSA) is 67.6 Å². The molecule has 5 heteroatoms. The Labute approximate surface area is 66.8 Å². The Morgan fingerprint density at radius 3 is 3.25 bits per heavy atom. The van der Waals surface area contributed by atoms with Gasteiger partial charge in [-0.05, 0) is 0 Å². The molecule has 0 saturated heterocycles. The van der Waals surface area contributed by atoms with E-state index in [1.54, 1.807) is 6.20 Å². The lowest BCUT2D eigenvalue weighted by molar-refractivity contribution is 0.590. The Hall–Kier alpha value is -1.91. The van der Waals surface area contributed by atoms with Crippen LogP contribution in [0.15, 0.2) is 23.3 Å². The number of fused-ring (bicyclic) bond motifs is 3. The summed E-state index contributed by atoms with van der Waals surface area (Å²) in [5.41, 5.74) is 2.93. The summed E-state index contributed by atoms with van der Waals surface area (Å²) in [4.78, 5) is 15.0. The zero-order chi connectivity index (χ0) is 7.97. The molecule has 2 aliphatic rings. The summed E-state index contributed by atoms with van der Waals surface area (Å²) in [6.45, 7) is 0. The van der Waals surface area contributed by atoms with Gasteiger partial charge in [0.2, 0.25) is 5.71 Å². The number of hydrogen-bond donors (Lipinski definition) is 1. The molecule has 12 heavy (non-hydrogen) atoms. The first kappa shape index (κ1) is 5.70. The summed E-state index contributed by atoms with van der Waals surface area (Å²) in [6.07, 6.45) is 4.64. The van der Waals surface area contributed by atoms with E-state index in [0.717, 1.165) is 16.9 Å². The minimum Gasteiger partial charge on any atom is -0.427 e. The third-order valence-corrected chi connectivity index (χ3v) is 1.76. The predicted molar refractivity (Wildman–Crippen MR) is 40.6 cm³/mol. The van der Waals surface area contributed by atoms with Crippen LogP contribution in [0.5, 0.6) is 0 Å². The number of hydrogen-bond acceptors (Lipinski definition) is 4. The summed E-state index contributed by atoms with van der Waals surface area (Å²) < 4.78 is 5.06. The van der Waals surface area contributed by atoms with Crippen molar-refractivity contribution in [3.8, 4) is 11.4 Å². The molecule has 0 aliphatic carbocycles. The van der Waals surface area contributed by atoms with E-state index in [4.69, 9.17) is 4.42 Å². The van der Waals surface area contributed by atoms with Gasteiger partial charge in [0, 0.05) is 6.20 Å². The van der Waals surface area contributed by atoms with Crippen LogP contribution < -0.4 is 0 Å². The van der Waals surface area contributed by atoms with Crippen LogP contribution in [-0.4, -0.2) is 19.9 Å². The largest absolute Gasteiger partial charge is 0.427 e. The normalized spacial score (nSPS) is 11.3. The third-order valence-electron chi connectivity index (χ3n) is 1.76. The summed E-state index contributed by atoms with van der Waals surface area (Å²) in [5, 5.41) is 0. The maximum Gasteiger partial charge on any atom is 0.227 e. The van der Waals surface area contributed by atoms with Gasteiger partial charge in [0.1, 0.15) is 17.7 Å². The first-order valence-corrected chi connectivity index (χ1v) is 3.46. The molecule has 1 N–H and O–H groups in total. The van der Waals surface area contributed by atoms with E-state index in [2.05, 4.69) is 19.9 Å². The Bertz CT molecular complexity index is 497. The molecule has 0 atom stereocenters. The van der Waals surface area contributed by atoms with Crippen LogP contribution in [0.4, 0.5) is 0 Å². The molecule has 3 heterocycles. The molecule has 58 valence electrons. The third kappa shape index (κ3) is 0.554. The van der Waals surface area contributed by atoms with Crippen LogP contribution in [0.1, 0.15) is 0 Å². The van der Waals surface area contributed by atoms with E-state index in [0.29, 0.717) is 5.71 Å². The molecular weight excluding hydrogens is 156 g/mol. The predicted octanol–water partition coefficient (Wildman–Crippen LogP) is 1.05. The van der Waals surface area contributed by atoms with E-state index >= 15 is 0 Å².